The van der Waals surface area contributed by atoms with Gasteiger partial charge in [0.25, 0.3) is 5.91 Å². The standard InChI is InChI=1S/C14H19N3O3/c1-14(2,6-12(15)18)16-7-9-3-4-11-10(5-9)17-13(19)8-20-11/h3-5,16H,6-8H2,1-2H3,(H2,15,18)(H,17,19). The largest absolute Gasteiger partial charge is 0.482 e. The molecule has 108 valence electrons. The first-order valence-corrected chi connectivity index (χ1v) is 6.45. The minimum atomic E-state index is -0.374. The maximum atomic E-state index is 11.3. The van der Waals surface area contributed by atoms with E-state index in [4.69, 9.17) is 10.5 Å². The van der Waals surface area contributed by atoms with Crippen molar-refractivity contribution in [2.45, 2.75) is 32.4 Å². The highest BCUT2D eigenvalue weighted by atomic mass is 16.5. The van der Waals surface area contributed by atoms with Crippen molar-refractivity contribution in [2.24, 2.45) is 5.73 Å². The van der Waals surface area contributed by atoms with Gasteiger partial charge in [0.1, 0.15) is 5.75 Å². The second-order valence-electron chi connectivity index (χ2n) is 5.55. The van der Waals surface area contributed by atoms with Crippen LogP contribution in [0.4, 0.5) is 5.69 Å². The maximum absolute atomic E-state index is 11.3. The summed E-state index contributed by atoms with van der Waals surface area (Å²) in [6, 6.07) is 5.61. The van der Waals surface area contributed by atoms with Crippen molar-refractivity contribution in [1.82, 2.24) is 5.32 Å². The Bertz CT molecular complexity index is 540. The van der Waals surface area contributed by atoms with Crippen molar-refractivity contribution in [3.05, 3.63) is 23.8 Å². The third-order valence-electron chi connectivity index (χ3n) is 3.06. The van der Waals surface area contributed by atoms with Gasteiger partial charge in [0.2, 0.25) is 5.91 Å². The number of hydrogen-bond acceptors (Lipinski definition) is 4. The lowest BCUT2D eigenvalue weighted by atomic mass is 9.99. The molecule has 0 saturated carbocycles. The Morgan fingerprint density at radius 2 is 2.25 bits per heavy atom. The highest BCUT2D eigenvalue weighted by Gasteiger charge is 2.20. The van der Waals surface area contributed by atoms with Gasteiger partial charge in [-0.2, -0.15) is 0 Å². The monoisotopic (exact) mass is 277 g/mol. The molecule has 0 saturated heterocycles. The lowest BCUT2D eigenvalue weighted by molar-refractivity contribution is -0.119. The van der Waals surface area contributed by atoms with Gasteiger partial charge in [-0.1, -0.05) is 6.07 Å². The van der Waals surface area contributed by atoms with Crippen LogP contribution < -0.4 is 21.1 Å². The Morgan fingerprint density at radius 1 is 1.50 bits per heavy atom. The van der Waals surface area contributed by atoms with E-state index in [-0.39, 0.29) is 30.4 Å². The van der Waals surface area contributed by atoms with Crippen molar-refractivity contribution in [1.29, 1.82) is 0 Å². The smallest absolute Gasteiger partial charge is 0.262 e. The fourth-order valence-electron chi connectivity index (χ4n) is 2.08. The average molecular weight is 277 g/mol. The number of nitrogens with two attached hydrogens (primary N) is 1. The van der Waals surface area contributed by atoms with Crippen LogP contribution in [-0.2, 0) is 16.1 Å². The van der Waals surface area contributed by atoms with Crippen LogP contribution in [0.1, 0.15) is 25.8 Å². The molecule has 2 amide bonds. The molecular weight excluding hydrogens is 258 g/mol. The van der Waals surface area contributed by atoms with E-state index in [0.717, 1.165) is 5.56 Å². The third kappa shape index (κ3) is 3.71. The first-order chi connectivity index (χ1) is 9.35. The third-order valence-corrected chi connectivity index (χ3v) is 3.06. The van der Waals surface area contributed by atoms with Gasteiger partial charge in [0, 0.05) is 18.5 Å². The van der Waals surface area contributed by atoms with Gasteiger partial charge in [0.05, 0.1) is 5.69 Å². The van der Waals surface area contributed by atoms with Crippen LogP contribution in [-0.4, -0.2) is 24.0 Å². The summed E-state index contributed by atoms with van der Waals surface area (Å²) in [5.41, 5.74) is 6.50. The van der Waals surface area contributed by atoms with E-state index < -0.39 is 0 Å². The molecular formula is C14H19N3O3. The molecule has 20 heavy (non-hydrogen) atoms. The fraction of sp³-hybridized carbons (Fsp3) is 0.429. The Hall–Kier alpha value is -2.08. The number of amides is 2. The van der Waals surface area contributed by atoms with Gasteiger partial charge in [0.15, 0.2) is 6.61 Å². The number of nitrogens with one attached hydrogen (secondary N) is 2. The van der Waals surface area contributed by atoms with Crippen molar-refractivity contribution < 1.29 is 14.3 Å². The minimum absolute atomic E-state index is 0.0518. The lowest BCUT2D eigenvalue weighted by Gasteiger charge is -2.25. The van der Waals surface area contributed by atoms with Crippen LogP contribution in [0.3, 0.4) is 0 Å². The summed E-state index contributed by atoms with van der Waals surface area (Å²) in [5, 5.41) is 6.03. The summed E-state index contributed by atoms with van der Waals surface area (Å²) >= 11 is 0. The second-order valence-corrected chi connectivity index (χ2v) is 5.55. The average Bonchev–Trinajstić information content (AvgIpc) is 2.34. The zero-order chi connectivity index (χ0) is 14.8. The zero-order valence-corrected chi connectivity index (χ0v) is 11.7. The molecule has 1 aliphatic rings. The van der Waals surface area contributed by atoms with Gasteiger partial charge in [-0.25, -0.2) is 0 Å². The summed E-state index contributed by atoms with van der Waals surface area (Å²) in [6.07, 6.45) is 0.262. The Labute approximate surface area is 117 Å². The van der Waals surface area contributed by atoms with Gasteiger partial charge >= 0.3 is 0 Å². The SMILES string of the molecule is CC(C)(CC(N)=O)NCc1ccc2c(c1)NC(=O)CO2. The van der Waals surface area contributed by atoms with E-state index in [2.05, 4.69) is 10.6 Å². The quantitative estimate of drug-likeness (QED) is 0.740. The van der Waals surface area contributed by atoms with E-state index in [1.165, 1.54) is 0 Å². The maximum Gasteiger partial charge on any atom is 0.262 e. The molecule has 1 aromatic rings. The van der Waals surface area contributed by atoms with E-state index in [1.807, 2.05) is 32.0 Å². The Kier molecular flexibility index (Phi) is 3.94. The summed E-state index contributed by atoms with van der Waals surface area (Å²) in [4.78, 5) is 22.2. The van der Waals surface area contributed by atoms with Crippen LogP contribution in [0.5, 0.6) is 5.75 Å². The number of ether oxygens (including phenoxy) is 1. The molecule has 0 atom stereocenters. The van der Waals surface area contributed by atoms with Gasteiger partial charge in [-0.05, 0) is 31.5 Å². The summed E-state index contributed by atoms with van der Waals surface area (Å²) in [5.74, 6) is 0.176. The summed E-state index contributed by atoms with van der Waals surface area (Å²) < 4.78 is 5.30. The molecule has 0 radical (unpaired) electrons. The van der Waals surface area contributed by atoms with E-state index in [1.54, 1.807) is 0 Å². The number of fused-ring (bicyclic) bond motifs is 1. The van der Waals surface area contributed by atoms with Crippen molar-refractivity contribution >= 4 is 17.5 Å². The fourth-order valence-corrected chi connectivity index (χ4v) is 2.08. The zero-order valence-electron chi connectivity index (χ0n) is 11.7. The number of primary amides is 1. The predicted molar refractivity (Wildman–Crippen MR) is 75.3 cm³/mol. The van der Waals surface area contributed by atoms with E-state index in [0.29, 0.717) is 18.0 Å². The van der Waals surface area contributed by atoms with Crippen LogP contribution in [0.2, 0.25) is 0 Å². The van der Waals surface area contributed by atoms with Crippen molar-refractivity contribution in [3.63, 3.8) is 0 Å². The Balaban J connectivity index is 2.02. The Morgan fingerprint density at radius 3 is 2.95 bits per heavy atom. The number of hydrogen-bond donors (Lipinski definition) is 3. The van der Waals surface area contributed by atoms with Crippen LogP contribution in [0.25, 0.3) is 0 Å². The molecule has 4 N–H and O–H groups in total. The van der Waals surface area contributed by atoms with Crippen LogP contribution in [0.15, 0.2) is 18.2 Å². The molecule has 1 heterocycles. The molecule has 0 aromatic heterocycles. The summed E-state index contributed by atoms with van der Waals surface area (Å²) in [7, 11) is 0. The van der Waals surface area contributed by atoms with Crippen LogP contribution >= 0.6 is 0 Å². The molecule has 0 bridgehead atoms. The van der Waals surface area contributed by atoms with Crippen LogP contribution in [0, 0.1) is 0 Å². The lowest BCUT2D eigenvalue weighted by Crippen LogP contribution is -2.42. The topological polar surface area (TPSA) is 93.5 Å². The molecule has 0 unspecified atom stereocenters. The second kappa shape index (κ2) is 5.50. The van der Waals surface area contributed by atoms with Crippen molar-refractivity contribution in [3.8, 4) is 5.75 Å². The molecule has 0 fully saturated rings. The molecule has 0 spiro atoms. The highest BCUT2D eigenvalue weighted by molar-refractivity contribution is 5.95. The number of carbonyl (C=O) groups is 2. The molecule has 6 heteroatoms. The first-order valence-electron chi connectivity index (χ1n) is 6.45. The highest BCUT2D eigenvalue weighted by Crippen LogP contribution is 2.28. The molecule has 0 aliphatic carbocycles. The molecule has 2 rings (SSSR count). The number of rotatable bonds is 5. The van der Waals surface area contributed by atoms with E-state index in [9.17, 15) is 9.59 Å². The van der Waals surface area contributed by atoms with Crippen molar-refractivity contribution in [2.75, 3.05) is 11.9 Å². The first kappa shape index (κ1) is 14.3. The summed E-state index contributed by atoms with van der Waals surface area (Å²) in [6.45, 7) is 4.46. The molecule has 1 aromatic carbocycles. The predicted octanol–water partition coefficient (Wildman–Crippen LogP) is 0.761. The number of benzene rings is 1. The van der Waals surface area contributed by atoms with Gasteiger partial charge in [-0.15, -0.1) is 0 Å². The normalized spacial score (nSPS) is 14.2. The van der Waals surface area contributed by atoms with Gasteiger partial charge in [-0.3, -0.25) is 9.59 Å². The van der Waals surface area contributed by atoms with Gasteiger partial charge < -0.3 is 21.1 Å². The minimum Gasteiger partial charge on any atom is -0.482 e. The number of anilines is 1. The molecule has 6 nitrogen and oxygen atoms in total. The molecule has 1 aliphatic heterocycles. The number of carbonyl (C=O) groups excluding carboxylic acids is 2. The van der Waals surface area contributed by atoms with E-state index >= 15 is 0 Å².